The van der Waals surface area contributed by atoms with E-state index in [-0.39, 0.29) is 12.4 Å². The number of ether oxygens (including phenoxy) is 3. The van der Waals surface area contributed by atoms with E-state index in [0.717, 1.165) is 5.56 Å². The molecule has 0 aliphatic carbocycles. The molecule has 0 atom stereocenters. The molecule has 0 aliphatic rings. The molecule has 4 nitrogen and oxygen atoms in total. The topological polar surface area (TPSA) is 44.8 Å². The Morgan fingerprint density at radius 1 is 1.13 bits per heavy atom. The molecule has 23 heavy (non-hydrogen) atoms. The van der Waals surface area contributed by atoms with Crippen LogP contribution in [-0.4, -0.2) is 19.7 Å². The molecule has 0 aromatic heterocycles. The average Bonchev–Trinajstić information content (AvgIpc) is 2.54. The van der Waals surface area contributed by atoms with Gasteiger partial charge in [-0.2, -0.15) is 0 Å². The van der Waals surface area contributed by atoms with Crippen molar-refractivity contribution in [3.8, 4) is 17.2 Å². The van der Waals surface area contributed by atoms with Crippen LogP contribution < -0.4 is 14.2 Å². The van der Waals surface area contributed by atoms with Gasteiger partial charge in [0.15, 0.2) is 11.5 Å². The molecule has 0 unspecified atom stereocenters. The largest absolute Gasteiger partial charge is 0.493 e. The van der Waals surface area contributed by atoms with Gasteiger partial charge in [0.05, 0.1) is 13.7 Å². The van der Waals surface area contributed by atoms with Crippen LogP contribution in [0.5, 0.6) is 17.2 Å². The van der Waals surface area contributed by atoms with Crippen molar-refractivity contribution < 1.29 is 19.0 Å². The zero-order valence-corrected chi connectivity index (χ0v) is 13.9. The van der Waals surface area contributed by atoms with E-state index in [9.17, 15) is 4.79 Å². The number of carbonyl (C=O) groups excluding carboxylic acids is 1. The van der Waals surface area contributed by atoms with Crippen LogP contribution in [0.3, 0.4) is 0 Å². The van der Waals surface area contributed by atoms with Gasteiger partial charge < -0.3 is 14.2 Å². The molecule has 2 aromatic carbocycles. The summed E-state index contributed by atoms with van der Waals surface area (Å²) in [6.07, 6.45) is 0.825. The highest BCUT2D eigenvalue weighted by Crippen LogP contribution is 2.28. The Morgan fingerprint density at radius 3 is 2.65 bits per heavy atom. The molecule has 0 radical (unpaired) electrons. The molecule has 0 saturated heterocycles. The maximum absolute atomic E-state index is 11.9. The highest BCUT2D eigenvalue weighted by atomic mass is 35.5. The van der Waals surface area contributed by atoms with Crippen molar-refractivity contribution in [1.29, 1.82) is 0 Å². The first-order valence-corrected chi connectivity index (χ1v) is 7.76. The Balaban J connectivity index is 1.93. The van der Waals surface area contributed by atoms with Gasteiger partial charge in [0, 0.05) is 11.4 Å². The summed E-state index contributed by atoms with van der Waals surface area (Å²) in [4.78, 5) is 11.9. The van der Waals surface area contributed by atoms with Gasteiger partial charge in [-0.05, 0) is 49.2 Å². The number of halogens is 1. The number of rotatable bonds is 7. The number of benzene rings is 2. The predicted molar refractivity (Wildman–Crippen MR) is 89.6 cm³/mol. The zero-order valence-electron chi connectivity index (χ0n) is 13.2. The third-order valence-electron chi connectivity index (χ3n) is 3.17. The van der Waals surface area contributed by atoms with Crippen molar-refractivity contribution in [1.82, 2.24) is 0 Å². The molecule has 0 aliphatic heterocycles. The van der Waals surface area contributed by atoms with E-state index >= 15 is 0 Å². The summed E-state index contributed by atoms with van der Waals surface area (Å²) in [6.45, 7) is 2.49. The SMILES string of the molecule is CCOc1ccc(CCC(=O)Oc2cccc(Cl)c2)cc1OC. The predicted octanol–water partition coefficient (Wildman–Crippen LogP) is 4.29. The molecule has 122 valence electrons. The summed E-state index contributed by atoms with van der Waals surface area (Å²) in [5.74, 6) is 1.50. The molecule has 2 rings (SSSR count). The molecule has 0 heterocycles. The second-order valence-corrected chi connectivity index (χ2v) is 5.29. The van der Waals surface area contributed by atoms with Crippen LogP contribution in [0.1, 0.15) is 18.9 Å². The second-order valence-electron chi connectivity index (χ2n) is 4.85. The van der Waals surface area contributed by atoms with Crippen LogP contribution >= 0.6 is 11.6 Å². The van der Waals surface area contributed by atoms with Crippen LogP contribution in [0.15, 0.2) is 42.5 Å². The van der Waals surface area contributed by atoms with Gasteiger partial charge in [-0.3, -0.25) is 4.79 Å². The van der Waals surface area contributed by atoms with Crippen LogP contribution in [0.2, 0.25) is 5.02 Å². The van der Waals surface area contributed by atoms with Crippen LogP contribution in [0.25, 0.3) is 0 Å². The number of methoxy groups -OCH3 is 1. The minimum absolute atomic E-state index is 0.268. The Labute approximate surface area is 140 Å². The van der Waals surface area contributed by atoms with Gasteiger partial charge >= 0.3 is 5.97 Å². The van der Waals surface area contributed by atoms with E-state index in [4.69, 9.17) is 25.8 Å². The fourth-order valence-corrected chi connectivity index (χ4v) is 2.28. The molecule has 5 heteroatoms. The maximum Gasteiger partial charge on any atom is 0.311 e. The number of hydrogen-bond donors (Lipinski definition) is 0. The van der Waals surface area contributed by atoms with E-state index in [2.05, 4.69) is 0 Å². The second kappa shape index (κ2) is 8.44. The molecule has 0 spiro atoms. The molecule has 0 fully saturated rings. The van der Waals surface area contributed by atoms with E-state index in [0.29, 0.717) is 35.3 Å². The molecular formula is C18H19ClO4. The zero-order chi connectivity index (χ0) is 16.7. The first-order chi connectivity index (χ1) is 11.1. The molecular weight excluding hydrogens is 316 g/mol. The summed E-state index contributed by atoms with van der Waals surface area (Å²) in [5, 5.41) is 0.534. The van der Waals surface area contributed by atoms with E-state index in [1.807, 2.05) is 25.1 Å². The molecule has 2 aromatic rings. The average molecular weight is 335 g/mol. The van der Waals surface area contributed by atoms with Crippen LogP contribution in [0.4, 0.5) is 0 Å². The fraction of sp³-hybridized carbons (Fsp3) is 0.278. The normalized spacial score (nSPS) is 10.2. The minimum Gasteiger partial charge on any atom is -0.493 e. The van der Waals surface area contributed by atoms with Crippen molar-refractivity contribution in [2.75, 3.05) is 13.7 Å². The fourth-order valence-electron chi connectivity index (χ4n) is 2.10. The van der Waals surface area contributed by atoms with Gasteiger partial charge in [-0.15, -0.1) is 0 Å². The van der Waals surface area contributed by atoms with Gasteiger partial charge in [0.1, 0.15) is 5.75 Å². The molecule has 0 N–H and O–H groups in total. The van der Waals surface area contributed by atoms with Crippen molar-refractivity contribution in [3.63, 3.8) is 0 Å². The summed E-state index contributed by atoms with van der Waals surface area (Å²) in [5.41, 5.74) is 0.980. The van der Waals surface area contributed by atoms with E-state index in [1.165, 1.54) is 0 Å². The van der Waals surface area contributed by atoms with E-state index in [1.54, 1.807) is 31.4 Å². The Morgan fingerprint density at radius 2 is 1.96 bits per heavy atom. The third-order valence-corrected chi connectivity index (χ3v) is 3.41. The number of hydrogen-bond acceptors (Lipinski definition) is 4. The van der Waals surface area contributed by atoms with Crippen LogP contribution in [-0.2, 0) is 11.2 Å². The quantitative estimate of drug-likeness (QED) is 0.560. The Kier molecular flexibility index (Phi) is 6.29. The lowest BCUT2D eigenvalue weighted by Gasteiger charge is -2.11. The van der Waals surface area contributed by atoms with Crippen molar-refractivity contribution in [2.24, 2.45) is 0 Å². The first-order valence-electron chi connectivity index (χ1n) is 7.38. The van der Waals surface area contributed by atoms with Gasteiger partial charge in [-0.25, -0.2) is 0 Å². The molecule has 0 bridgehead atoms. The number of esters is 1. The first kappa shape index (κ1) is 17.2. The van der Waals surface area contributed by atoms with Gasteiger partial charge in [-0.1, -0.05) is 23.7 Å². The summed E-state index contributed by atoms with van der Waals surface area (Å²) >= 11 is 5.86. The van der Waals surface area contributed by atoms with Crippen LogP contribution in [0, 0.1) is 0 Å². The lowest BCUT2D eigenvalue weighted by atomic mass is 10.1. The summed E-state index contributed by atoms with van der Waals surface area (Å²) in [7, 11) is 1.59. The molecule has 0 saturated carbocycles. The highest BCUT2D eigenvalue weighted by molar-refractivity contribution is 6.30. The lowest BCUT2D eigenvalue weighted by molar-refractivity contribution is -0.134. The maximum atomic E-state index is 11.9. The Hall–Kier alpha value is -2.20. The highest BCUT2D eigenvalue weighted by Gasteiger charge is 2.09. The third kappa shape index (κ3) is 5.18. The van der Waals surface area contributed by atoms with Crippen molar-refractivity contribution in [3.05, 3.63) is 53.1 Å². The smallest absolute Gasteiger partial charge is 0.311 e. The monoisotopic (exact) mass is 334 g/mol. The lowest BCUT2D eigenvalue weighted by Crippen LogP contribution is -2.09. The summed E-state index contributed by atoms with van der Waals surface area (Å²) in [6, 6.07) is 12.4. The van der Waals surface area contributed by atoms with Crippen molar-refractivity contribution >= 4 is 17.6 Å². The van der Waals surface area contributed by atoms with Gasteiger partial charge in [0.2, 0.25) is 0 Å². The number of carbonyl (C=O) groups is 1. The molecule has 0 amide bonds. The number of aryl methyl sites for hydroxylation is 1. The summed E-state index contributed by atoms with van der Waals surface area (Å²) < 4.78 is 16.0. The minimum atomic E-state index is -0.305. The Bertz CT molecular complexity index is 670. The van der Waals surface area contributed by atoms with Gasteiger partial charge in [0.25, 0.3) is 0 Å². The van der Waals surface area contributed by atoms with E-state index < -0.39 is 0 Å². The van der Waals surface area contributed by atoms with Crippen molar-refractivity contribution in [2.45, 2.75) is 19.8 Å². The standard InChI is InChI=1S/C18H19ClO4/c1-3-22-16-9-7-13(11-17(16)21-2)8-10-18(20)23-15-6-4-5-14(19)12-15/h4-7,9,11-12H,3,8,10H2,1-2H3.